The van der Waals surface area contributed by atoms with Crippen LogP contribution in [-0.4, -0.2) is 78.5 Å². The van der Waals surface area contributed by atoms with Crippen LogP contribution in [-0.2, 0) is 14.8 Å². The summed E-state index contributed by atoms with van der Waals surface area (Å²) in [5.41, 5.74) is 6.36. The molecule has 0 aromatic heterocycles. The van der Waals surface area contributed by atoms with Crippen LogP contribution in [0, 0.1) is 12.8 Å². The molecule has 5 atom stereocenters. The van der Waals surface area contributed by atoms with Crippen LogP contribution in [0.5, 0.6) is 0 Å². The van der Waals surface area contributed by atoms with Gasteiger partial charge < -0.3 is 21.1 Å². The number of hydrogen-bond acceptors (Lipinski definition) is 7. The number of amides is 1. The molecule has 170 valence electrons. The van der Waals surface area contributed by atoms with Crippen LogP contribution in [0.3, 0.4) is 0 Å². The number of carbonyl (C=O) groups excluding carboxylic acids is 1. The summed E-state index contributed by atoms with van der Waals surface area (Å²) in [6.45, 7) is 3.85. The molecule has 0 aliphatic carbocycles. The van der Waals surface area contributed by atoms with Crippen molar-refractivity contribution in [3.63, 3.8) is 0 Å². The van der Waals surface area contributed by atoms with Gasteiger partial charge in [0.15, 0.2) is 0 Å². The summed E-state index contributed by atoms with van der Waals surface area (Å²) < 4.78 is 27.1. The molecule has 1 heterocycles. The Kier molecular flexibility index (Phi) is 8.77. The number of aliphatic hydroxyl groups is 3. The van der Waals surface area contributed by atoms with Crippen LogP contribution in [0.1, 0.15) is 31.7 Å². The van der Waals surface area contributed by atoms with E-state index in [-0.39, 0.29) is 18.0 Å². The van der Waals surface area contributed by atoms with Gasteiger partial charge in [-0.2, -0.15) is 0 Å². The zero-order valence-electron chi connectivity index (χ0n) is 17.4. The van der Waals surface area contributed by atoms with Crippen molar-refractivity contribution in [3.05, 3.63) is 29.8 Å². The molecule has 1 aromatic rings. The van der Waals surface area contributed by atoms with Crippen LogP contribution >= 0.6 is 0 Å². The molecular weight excluding hydrogens is 410 g/mol. The number of unbranched alkanes of at least 4 members (excludes halogenated alkanes) is 2. The number of nitrogens with one attached hydrogen (secondary N) is 1. The van der Waals surface area contributed by atoms with Crippen LogP contribution in [0.4, 0.5) is 0 Å². The Morgan fingerprint density at radius 2 is 1.80 bits per heavy atom. The fraction of sp³-hybridized carbons (Fsp3) is 0.650. The maximum atomic E-state index is 12.3. The number of hydrogen-bond donors (Lipinski definition) is 5. The number of sulfonamides is 1. The van der Waals surface area contributed by atoms with Crippen LogP contribution < -0.4 is 10.5 Å². The lowest BCUT2D eigenvalue weighted by atomic mass is 9.95. The average Bonchev–Trinajstić information content (AvgIpc) is 2.93. The molecule has 0 spiro atoms. The number of primary amides is 1. The first-order valence-electron chi connectivity index (χ1n) is 10.2. The van der Waals surface area contributed by atoms with Crippen molar-refractivity contribution in [2.24, 2.45) is 11.7 Å². The lowest BCUT2D eigenvalue weighted by molar-refractivity contribution is -0.124. The highest BCUT2D eigenvalue weighted by molar-refractivity contribution is 7.89. The molecule has 9 nitrogen and oxygen atoms in total. The van der Waals surface area contributed by atoms with Gasteiger partial charge in [-0.05, 0) is 38.4 Å². The van der Waals surface area contributed by atoms with E-state index in [0.717, 1.165) is 5.56 Å². The molecule has 0 bridgehead atoms. The molecule has 6 N–H and O–H groups in total. The van der Waals surface area contributed by atoms with Gasteiger partial charge in [0, 0.05) is 12.6 Å². The van der Waals surface area contributed by atoms with Gasteiger partial charge in [-0.3, -0.25) is 9.69 Å². The quantitative estimate of drug-likeness (QED) is 0.284. The van der Waals surface area contributed by atoms with E-state index in [1.54, 1.807) is 36.1 Å². The standard InChI is InChI=1S/C20H33N3O6S/c1-13-6-8-15(9-7-13)30(28,29)22-10-4-3-5-11-23-16(12-24)18(25)19(26)17(23)14(2)20(21)27/h6-9,14,16-19,22,24-26H,3-5,10-12H2,1-2H3,(H2,21,27). The molecule has 1 fully saturated rings. The summed E-state index contributed by atoms with van der Waals surface area (Å²) >= 11 is 0. The minimum Gasteiger partial charge on any atom is -0.395 e. The molecule has 0 saturated carbocycles. The largest absolute Gasteiger partial charge is 0.395 e. The number of aliphatic hydroxyl groups excluding tert-OH is 3. The first-order chi connectivity index (χ1) is 14.1. The van der Waals surface area contributed by atoms with Gasteiger partial charge in [-0.1, -0.05) is 31.0 Å². The molecule has 5 unspecified atom stereocenters. The lowest BCUT2D eigenvalue weighted by Gasteiger charge is -2.32. The number of likely N-dealkylation sites (tertiary alicyclic amines) is 1. The number of nitrogens with zero attached hydrogens (tertiary/aromatic N) is 1. The highest BCUT2D eigenvalue weighted by Gasteiger charge is 2.50. The zero-order chi connectivity index (χ0) is 22.5. The molecule has 1 saturated heterocycles. The summed E-state index contributed by atoms with van der Waals surface area (Å²) in [5.74, 6) is -1.27. The fourth-order valence-electron chi connectivity index (χ4n) is 3.93. The third kappa shape index (κ3) is 5.77. The molecule has 2 rings (SSSR count). The van der Waals surface area contributed by atoms with E-state index in [1.807, 2.05) is 6.92 Å². The fourth-order valence-corrected chi connectivity index (χ4v) is 5.00. The lowest BCUT2D eigenvalue weighted by Crippen LogP contribution is -2.48. The molecular formula is C20H33N3O6S. The summed E-state index contributed by atoms with van der Waals surface area (Å²) in [5, 5.41) is 30.1. The topological polar surface area (TPSA) is 153 Å². The van der Waals surface area contributed by atoms with E-state index in [1.165, 1.54) is 0 Å². The predicted octanol–water partition coefficient (Wildman–Crippen LogP) is -0.668. The Hall–Kier alpha value is -1.56. The second kappa shape index (κ2) is 10.7. The first kappa shape index (κ1) is 24.7. The second-order valence-electron chi connectivity index (χ2n) is 7.92. The van der Waals surface area contributed by atoms with Crippen molar-refractivity contribution in [3.8, 4) is 0 Å². The molecule has 1 amide bonds. The minimum atomic E-state index is -3.55. The van der Waals surface area contributed by atoms with E-state index in [4.69, 9.17) is 5.73 Å². The second-order valence-corrected chi connectivity index (χ2v) is 9.69. The van der Waals surface area contributed by atoms with E-state index in [2.05, 4.69) is 4.72 Å². The molecule has 1 aliphatic heterocycles. The average molecular weight is 444 g/mol. The number of rotatable bonds is 11. The molecule has 1 aromatic carbocycles. The first-order valence-corrected chi connectivity index (χ1v) is 11.7. The Morgan fingerprint density at radius 3 is 2.37 bits per heavy atom. The van der Waals surface area contributed by atoms with Gasteiger partial charge in [0.1, 0.15) is 0 Å². The summed E-state index contributed by atoms with van der Waals surface area (Å²) in [4.78, 5) is 13.6. The maximum Gasteiger partial charge on any atom is 0.240 e. The Labute approximate surface area is 177 Å². The highest BCUT2D eigenvalue weighted by Crippen LogP contribution is 2.30. The normalized spacial score (nSPS) is 26.0. The third-order valence-electron chi connectivity index (χ3n) is 5.77. The Bertz CT molecular complexity index is 801. The smallest absolute Gasteiger partial charge is 0.240 e. The van der Waals surface area contributed by atoms with Crippen molar-refractivity contribution < 1.29 is 28.5 Å². The van der Waals surface area contributed by atoms with Gasteiger partial charge >= 0.3 is 0 Å². The highest BCUT2D eigenvalue weighted by atomic mass is 32.2. The monoisotopic (exact) mass is 443 g/mol. The number of benzene rings is 1. The predicted molar refractivity (Wildman–Crippen MR) is 112 cm³/mol. The number of nitrogens with two attached hydrogens (primary N) is 1. The molecule has 1 aliphatic rings. The van der Waals surface area contributed by atoms with Crippen LogP contribution in [0.25, 0.3) is 0 Å². The summed E-state index contributed by atoms with van der Waals surface area (Å²) in [7, 11) is -3.55. The van der Waals surface area contributed by atoms with Crippen molar-refractivity contribution in [1.29, 1.82) is 0 Å². The van der Waals surface area contributed by atoms with Gasteiger partial charge in [-0.25, -0.2) is 13.1 Å². The Balaban J connectivity index is 1.84. The number of aryl methyl sites for hydroxylation is 1. The summed E-state index contributed by atoms with van der Waals surface area (Å²) in [6.07, 6.45) is -0.405. The van der Waals surface area contributed by atoms with Crippen molar-refractivity contribution in [1.82, 2.24) is 9.62 Å². The molecule has 30 heavy (non-hydrogen) atoms. The van der Waals surface area contributed by atoms with Crippen LogP contribution in [0.15, 0.2) is 29.2 Å². The van der Waals surface area contributed by atoms with Crippen molar-refractivity contribution in [2.75, 3.05) is 19.7 Å². The van der Waals surface area contributed by atoms with Gasteiger partial charge in [-0.15, -0.1) is 0 Å². The van der Waals surface area contributed by atoms with Gasteiger partial charge in [0.05, 0.1) is 35.7 Å². The van der Waals surface area contributed by atoms with Crippen molar-refractivity contribution in [2.45, 2.75) is 62.3 Å². The summed E-state index contributed by atoms with van der Waals surface area (Å²) in [6, 6.07) is 5.28. The molecule has 10 heteroatoms. The Morgan fingerprint density at radius 1 is 1.17 bits per heavy atom. The number of carbonyl (C=O) groups is 1. The maximum absolute atomic E-state index is 12.3. The van der Waals surface area contributed by atoms with Gasteiger partial charge in [0.2, 0.25) is 15.9 Å². The van der Waals surface area contributed by atoms with E-state index in [0.29, 0.717) is 25.8 Å². The molecule has 0 radical (unpaired) electrons. The SMILES string of the molecule is Cc1ccc(S(=O)(=O)NCCCCCN2C(CO)C(O)C(O)C2C(C)C(N)=O)cc1. The van der Waals surface area contributed by atoms with Crippen molar-refractivity contribution >= 4 is 15.9 Å². The third-order valence-corrected chi connectivity index (χ3v) is 7.24. The van der Waals surface area contributed by atoms with E-state index in [9.17, 15) is 28.5 Å². The minimum absolute atomic E-state index is 0.224. The van der Waals surface area contributed by atoms with E-state index < -0.39 is 46.1 Å². The van der Waals surface area contributed by atoms with E-state index >= 15 is 0 Å². The van der Waals surface area contributed by atoms with Crippen LogP contribution in [0.2, 0.25) is 0 Å². The van der Waals surface area contributed by atoms with Gasteiger partial charge in [0.25, 0.3) is 0 Å². The zero-order valence-corrected chi connectivity index (χ0v) is 18.3.